The van der Waals surface area contributed by atoms with Crippen molar-refractivity contribution in [3.63, 3.8) is 0 Å². The monoisotopic (exact) mass is 291 g/mol. The van der Waals surface area contributed by atoms with E-state index in [1.54, 1.807) is 13.2 Å². The highest BCUT2D eigenvalue weighted by molar-refractivity contribution is 5.95. The first kappa shape index (κ1) is 15.5. The fraction of sp³-hybridized carbons (Fsp3) is 0.467. The fourth-order valence-corrected chi connectivity index (χ4v) is 2.23. The van der Waals surface area contributed by atoms with Crippen molar-refractivity contribution in [3.05, 3.63) is 23.8 Å². The molecule has 0 spiro atoms. The predicted molar refractivity (Wildman–Crippen MR) is 81.4 cm³/mol. The first-order valence-corrected chi connectivity index (χ1v) is 7.11. The molecule has 0 saturated heterocycles. The lowest BCUT2D eigenvalue weighted by atomic mass is 10.1. The molecule has 0 atom stereocenters. The average molecular weight is 291 g/mol. The maximum atomic E-state index is 11.8. The van der Waals surface area contributed by atoms with Gasteiger partial charge in [0.05, 0.1) is 13.2 Å². The average Bonchev–Trinajstić information content (AvgIpc) is 2.64. The molecule has 0 fully saturated rings. The molecule has 2 rings (SSSR count). The number of rotatable bonds is 6. The fourth-order valence-electron chi connectivity index (χ4n) is 2.23. The molecule has 1 aromatic rings. The highest BCUT2D eigenvalue weighted by Crippen LogP contribution is 2.25. The van der Waals surface area contributed by atoms with E-state index in [9.17, 15) is 9.59 Å². The molecular weight excluding hydrogens is 270 g/mol. The Morgan fingerprint density at radius 1 is 1.38 bits per heavy atom. The Kier molecular flexibility index (Phi) is 5.71. The second kappa shape index (κ2) is 7.75. The van der Waals surface area contributed by atoms with Crippen LogP contribution in [0.3, 0.4) is 0 Å². The van der Waals surface area contributed by atoms with Crippen LogP contribution in [0.15, 0.2) is 18.2 Å². The molecule has 6 nitrogen and oxygen atoms in total. The Morgan fingerprint density at radius 2 is 2.24 bits per heavy atom. The first-order chi connectivity index (χ1) is 10.2. The number of carbonyl (C=O) groups is 2. The third-order valence-corrected chi connectivity index (χ3v) is 3.28. The number of hydrogen-bond donors (Lipinski definition) is 3. The maximum absolute atomic E-state index is 11.8. The van der Waals surface area contributed by atoms with Crippen molar-refractivity contribution in [2.75, 3.05) is 37.4 Å². The normalized spacial score (nSPS) is 14.0. The number of amides is 2. The summed E-state index contributed by atoms with van der Waals surface area (Å²) in [5.41, 5.74) is 2.66. The molecule has 1 heterocycles. The minimum atomic E-state index is -0.0938. The van der Waals surface area contributed by atoms with E-state index in [4.69, 9.17) is 4.74 Å². The number of benzene rings is 1. The molecule has 21 heavy (non-hydrogen) atoms. The van der Waals surface area contributed by atoms with Gasteiger partial charge in [0.2, 0.25) is 11.8 Å². The number of nitrogens with one attached hydrogen (secondary N) is 3. The van der Waals surface area contributed by atoms with E-state index >= 15 is 0 Å². The van der Waals surface area contributed by atoms with Gasteiger partial charge in [-0.05, 0) is 36.6 Å². The quantitative estimate of drug-likeness (QED) is 0.687. The van der Waals surface area contributed by atoms with E-state index in [0.717, 1.165) is 29.8 Å². The van der Waals surface area contributed by atoms with Crippen LogP contribution in [-0.4, -0.2) is 38.6 Å². The van der Waals surface area contributed by atoms with Gasteiger partial charge in [0.1, 0.15) is 0 Å². The second-order valence-corrected chi connectivity index (χ2v) is 4.99. The van der Waals surface area contributed by atoms with Crippen LogP contribution < -0.4 is 16.0 Å². The van der Waals surface area contributed by atoms with Crippen LogP contribution in [0.4, 0.5) is 11.4 Å². The van der Waals surface area contributed by atoms with Gasteiger partial charge in [0, 0.05) is 31.5 Å². The lowest BCUT2D eigenvalue weighted by Gasteiger charge is -2.11. The summed E-state index contributed by atoms with van der Waals surface area (Å²) < 4.78 is 4.90. The van der Waals surface area contributed by atoms with Gasteiger partial charge >= 0.3 is 0 Å². The smallest absolute Gasteiger partial charge is 0.238 e. The molecule has 3 N–H and O–H groups in total. The standard InChI is InChI=1S/C15H21N3O3/c1-21-8-7-16-10-15(20)17-12-5-6-13-11(9-12)3-2-4-14(19)18-13/h5-6,9,16H,2-4,7-8,10H2,1H3,(H,17,20)(H,18,19). The van der Waals surface area contributed by atoms with Gasteiger partial charge in [-0.25, -0.2) is 0 Å². The van der Waals surface area contributed by atoms with Crippen molar-refractivity contribution >= 4 is 23.2 Å². The number of fused-ring (bicyclic) bond motifs is 1. The molecule has 0 aromatic heterocycles. The van der Waals surface area contributed by atoms with Gasteiger partial charge in [-0.3, -0.25) is 9.59 Å². The molecule has 0 saturated carbocycles. The second-order valence-electron chi connectivity index (χ2n) is 4.99. The largest absolute Gasteiger partial charge is 0.383 e. The zero-order chi connectivity index (χ0) is 15.1. The summed E-state index contributed by atoms with van der Waals surface area (Å²) in [5, 5.41) is 8.71. The Hall–Kier alpha value is -1.92. The summed E-state index contributed by atoms with van der Waals surface area (Å²) in [5.74, 6) is -0.0448. The molecule has 0 aliphatic carbocycles. The molecule has 1 aliphatic rings. The summed E-state index contributed by atoms with van der Waals surface area (Å²) in [6.45, 7) is 1.46. The van der Waals surface area contributed by atoms with Crippen LogP contribution in [0.5, 0.6) is 0 Å². The van der Waals surface area contributed by atoms with Crippen LogP contribution in [0.1, 0.15) is 18.4 Å². The number of carbonyl (C=O) groups excluding carboxylic acids is 2. The number of anilines is 2. The van der Waals surface area contributed by atoms with E-state index in [0.29, 0.717) is 19.6 Å². The van der Waals surface area contributed by atoms with Crippen molar-refractivity contribution in [2.45, 2.75) is 19.3 Å². The van der Waals surface area contributed by atoms with Crippen molar-refractivity contribution in [2.24, 2.45) is 0 Å². The molecule has 1 aromatic carbocycles. The molecule has 0 radical (unpaired) electrons. The zero-order valence-electron chi connectivity index (χ0n) is 12.2. The van der Waals surface area contributed by atoms with Gasteiger partial charge < -0.3 is 20.7 Å². The van der Waals surface area contributed by atoms with Crippen LogP contribution in [0.2, 0.25) is 0 Å². The van der Waals surface area contributed by atoms with Gasteiger partial charge in [-0.1, -0.05) is 0 Å². The van der Waals surface area contributed by atoms with E-state index < -0.39 is 0 Å². The van der Waals surface area contributed by atoms with Crippen molar-refractivity contribution < 1.29 is 14.3 Å². The lowest BCUT2D eigenvalue weighted by molar-refractivity contribution is -0.116. The highest BCUT2D eigenvalue weighted by Gasteiger charge is 2.13. The molecule has 6 heteroatoms. The van der Waals surface area contributed by atoms with Gasteiger partial charge in [0.25, 0.3) is 0 Å². The summed E-state index contributed by atoms with van der Waals surface area (Å²) in [6, 6.07) is 5.57. The van der Waals surface area contributed by atoms with Gasteiger partial charge in [0.15, 0.2) is 0 Å². The Bertz CT molecular complexity index is 517. The molecular formula is C15H21N3O3. The van der Waals surface area contributed by atoms with Crippen molar-refractivity contribution in [3.8, 4) is 0 Å². The summed E-state index contributed by atoms with van der Waals surface area (Å²) in [7, 11) is 1.62. The van der Waals surface area contributed by atoms with Crippen LogP contribution in [0.25, 0.3) is 0 Å². The number of aryl methyl sites for hydroxylation is 1. The lowest BCUT2D eigenvalue weighted by Crippen LogP contribution is -2.30. The zero-order valence-corrected chi connectivity index (χ0v) is 12.2. The number of hydrogen-bond acceptors (Lipinski definition) is 4. The number of methoxy groups -OCH3 is 1. The van der Waals surface area contributed by atoms with E-state index in [1.807, 2.05) is 12.1 Å². The predicted octanol–water partition coefficient (Wildman–Crippen LogP) is 1.14. The first-order valence-electron chi connectivity index (χ1n) is 7.11. The molecule has 0 unspecified atom stereocenters. The van der Waals surface area contributed by atoms with Gasteiger partial charge in [-0.15, -0.1) is 0 Å². The number of ether oxygens (including phenoxy) is 1. The van der Waals surface area contributed by atoms with Crippen LogP contribution in [0, 0.1) is 0 Å². The Balaban J connectivity index is 1.91. The van der Waals surface area contributed by atoms with Crippen molar-refractivity contribution in [1.29, 1.82) is 0 Å². The Morgan fingerprint density at radius 3 is 3.05 bits per heavy atom. The molecule has 114 valence electrons. The molecule has 0 bridgehead atoms. The summed E-state index contributed by atoms with van der Waals surface area (Å²) in [6.07, 6.45) is 2.21. The third kappa shape index (κ3) is 4.84. The minimum Gasteiger partial charge on any atom is -0.383 e. The SMILES string of the molecule is COCCNCC(=O)Nc1ccc2c(c1)CCCC(=O)N2. The van der Waals surface area contributed by atoms with E-state index in [2.05, 4.69) is 16.0 Å². The van der Waals surface area contributed by atoms with Crippen LogP contribution >= 0.6 is 0 Å². The minimum absolute atomic E-state index is 0.0490. The Labute approximate surface area is 124 Å². The summed E-state index contributed by atoms with van der Waals surface area (Å²) in [4.78, 5) is 23.3. The maximum Gasteiger partial charge on any atom is 0.238 e. The van der Waals surface area contributed by atoms with Crippen molar-refractivity contribution in [1.82, 2.24) is 5.32 Å². The van der Waals surface area contributed by atoms with Crippen LogP contribution in [-0.2, 0) is 20.7 Å². The molecule has 1 aliphatic heterocycles. The third-order valence-electron chi connectivity index (χ3n) is 3.28. The summed E-state index contributed by atoms with van der Waals surface area (Å²) >= 11 is 0. The van der Waals surface area contributed by atoms with E-state index in [1.165, 1.54) is 0 Å². The van der Waals surface area contributed by atoms with Gasteiger partial charge in [-0.2, -0.15) is 0 Å². The topological polar surface area (TPSA) is 79.5 Å². The molecule has 2 amide bonds. The highest BCUT2D eigenvalue weighted by atomic mass is 16.5. The van der Waals surface area contributed by atoms with E-state index in [-0.39, 0.29) is 18.4 Å².